The maximum Gasteiger partial charge on any atom is 0.302 e. The molecule has 7 heteroatoms. The Morgan fingerprint density at radius 2 is 1.84 bits per heavy atom. The van der Waals surface area contributed by atoms with Gasteiger partial charge in [0.25, 0.3) is 0 Å². The summed E-state index contributed by atoms with van der Waals surface area (Å²) in [7, 11) is 0. The molecule has 200 valence electrons. The second kappa shape index (κ2) is 8.81. The van der Waals surface area contributed by atoms with Crippen molar-refractivity contribution >= 4 is 29.1 Å². The predicted octanol–water partition coefficient (Wildman–Crippen LogP) is 5.58. The highest BCUT2D eigenvalue weighted by atomic mass is 35.5. The van der Waals surface area contributed by atoms with E-state index in [4.69, 9.17) is 21.2 Å². The van der Waals surface area contributed by atoms with E-state index in [0.717, 1.165) is 62.6 Å². The number of ketones is 1. The van der Waals surface area contributed by atoms with Crippen LogP contribution < -0.4 is 0 Å². The van der Waals surface area contributed by atoms with Crippen LogP contribution in [0.3, 0.4) is 0 Å². The van der Waals surface area contributed by atoms with E-state index in [1.807, 2.05) is 24.3 Å². The lowest BCUT2D eigenvalue weighted by Crippen LogP contribution is -2.60. The zero-order valence-electron chi connectivity index (χ0n) is 22.0. The molecule has 3 unspecified atom stereocenters. The molecule has 1 heterocycles. The average molecular weight is 528 g/mol. The molecule has 1 aromatic carbocycles. The van der Waals surface area contributed by atoms with Crippen molar-refractivity contribution in [1.29, 1.82) is 0 Å². The third kappa shape index (κ3) is 3.50. The smallest absolute Gasteiger partial charge is 0.302 e. The van der Waals surface area contributed by atoms with Gasteiger partial charge in [-0.05, 0) is 98.1 Å². The number of rotatable bonds is 4. The van der Waals surface area contributed by atoms with Crippen molar-refractivity contribution in [2.45, 2.75) is 83.8 Å². The van der Waals surface area contributed by atoms with Crippen molar-refractivity contribution in [2.24, 2.45) is 45.6 Å². The van der Waals surface area contributed by atoms with Crippen molar-refractivity contribution in [3.63, 3.8) is 0 Å². The largest absolute Gasteiger partial charge is 0.463 e. The standard InChI is InChI=1S/C30H38ClNO5/c1-17(34)36-21-10-12-28(2)19(14-21)6-9-22-23(28)11-13-29(3)24(22)15-25-27(18-4-7-20(31)8-5-18)32-37-30(25,29)26(35)16-33/h4-5,7-8,19,21-25,33H,6,9-16H2,1-3H3/t19-,21-,22?,23?,24?,25-,28-,29-,30-/m0/s1. The fourth-order valence-electron chi connectivity index (χ4n) is 9.81. The molecule has 4 fully saturated rings. The molecule has 1 aromatic rings. The summed E-state index contributed by atoms with van der Waals surface area (Å²) in [6.07, 6.45) is 8.07. The van der Waals surface area contributed by atoms with Crippen LogP contribution in [0.5, 0.6) is 0 Å². The van der Waals surface area contributed by atoms with Gasteiger partial charge in [0.05, 0.1) is 11.6 Å². The van der Waals surface area contributed by atoms with Crippen LogP contribution in [0, 0.1) is 40.4 Å². The van der Waals surface area contributed by atoms with Gasteiger partial charge in [-0.25, -0.2) is 0 Å². The van der Waals surface area contributed by atoms with Crippen LogP contribution in [0.2, 0.25) is 5.02 Å². The summed E-state index contributed by atoms with van der Waals surface area (Å²) in [5.74, 6) is 1.39. The molecule has 0 amide bonds. The van der Waals surface area contributed by atoms with E-state index in [2.05, 4.69) is 19.0 Å². The number of oxime groups is 1. The molecule has 37 heavy (non-hydrogen) atoms. The van der Waals surface area contributed by atoms with Crippen molar-refractivity contribution in [3.8, 4) is 0 Å². The molecule has 0 bridgehead atoms. The van der Waals surface area contributed by atoms with Gasteiger partial charge in [-0.2, -0.15) is 0 Å². The number of aliphatic hydroxyl groups is 1. The van der Waals surface area contributed by atoms with Crippen LogP contribution in [-0.2, 0) is 19.2 Å². The number of aliphatic hydroxyl groups excluding tert-OH is 1. The predicted molar refractivity (Wildman–Crippen MR) is 140 cm³/mol. The number of carbonyl (C=O) groups excluding carboxylic acids is 2. The molecule has 0 saturated heterocycles. The van der Waals surface area contributed by atoms with Crippen LogP contribution in [-0.4, -0.2) is 40.9 Å². The van der Waals surface area contributed by atoms with Gasteiger partial charge >= 0.3 is 5.97 Å². The van der Waals surface area contributed by atoms with E-state index in [-0.39, 0.29) is 34.6 Å². The number of carbonyl (C=O) groups is 2. The molecule has 1 N–H and O–H groups in total. The molecule has 9 atom stereocenters. The number of Topliss-reactive ketones (excluding diaryl/α,β-unsaturated/α-hetero) is 1. The molecule has 6 nitrogen and oxygen atoms in total. The van der Waals surface area contributed by atoms with Gasteiger partial charge in [-0.1, -0.05) is 42.7 Å². The molecule has 1 aliphatic heterocycles. The summed E-state index contributed by atoms with van der Waals surface area (Å²) >= 11 is 6.15. The summed E-state index contributed by atoms with van der Waals surface area (Å²) in [6, 6.07) is 7.60. The second-order valence-electron chi connectivity index (χ2n) is 12.8. The third-order valence-electron chi connectivity index (χ3n) is 11.5. The SMILES string of the molecule is CC(=O)O[C@H]1CC[C@]2(C)C3CC[C@@]4(C)C(C[C@H]5C(c6ccc(Cl)cc6)=NO[C@]54C(=O)CO)C3CC[C@H]2C1. The number of fused-ring (bicyclic) bond motifs is 7. The van der Waals surface area contributed by atoms with Gasteiger partial charge in [0.2, 0.25) is 11.4 Å². The highest BCUT2D eigenvalue weighted by Gasteiger charge is 2.75. The molecule has 5 aliphatic rings. The number of nitrogens with zero attached hydrogens (tertiary/aromatic N) is 1. The van der Waals surface area contributed by atoms with Crippen LogP contribution in [0.1, 0.15) is 77.7 Å². The summed E-state index contributed by atoms with van der Waals surface area (Å²) in [5.41, 5.74) is 0.472. The van der Waals surface area contributed by atoms with Crippen LogP contribution in [0.25, 0.3) is 0 Å². The van der Waals surface area contributed by atoms with E-state index in [9.17, 15) is 14.7 Å². The van der Waals surface area contributed by atoms with E-state index < -0.39 is 12.2 Å². The number of ether oxygens (including phenoxy) is 1. The molecule has 4 saturated carbocycles. The van der Waals surface area contributed by atoms with Crippen molar-refractivity contribution in [2.75, 3.05) is 6.61 Å². The lowest BCUT2D eigenvalue weighted by Gasteiger charge is -2.61. The van der Waals surface area contributed by atoms with Gasteiger partial charge in [0, 0.05) is 17.4 Å². The number of esters is 1. The zero-order chi connectivity index (χ0) is 26.2. The highest BCUT2D eigenvalue weighted by molar-refractivity contribution is 6.30. The number of halogens is 1. The van der Waals surface area contributed by atoms with Gasteiger partial charge < -0.3 is 14.7 Å². The van der Waals surface area contributed by atoms with Crippen LogP contribution >= 0.6 is 11.6 Å². The molecular weight excluding hydrogens is 490 g/mol. The number of hydrogen-bond donors (Lipinski definition) is 1. The Hall–Kier alpha value is -1.92. The van der Waals surface area contributed by atoms with Crippen LogP contribution in [0.4, 0.5) is 0 Å². The lowest BCUT2D eigenvalue weighted by atomic mass is 9.44. The number of hydrogen-bond acceptors (Lipinski definition) is 6. The number of benzene rings is 1. The molecule has 4 aliphatic carbocycles. The van der Waals surface area contributed by atoms with Gasteiger partial charge in [-0.15, -0.1) is 0 Å². The maximum atomic E-state index is 13.6. The Bertz CT molecular complexity index is 1140. The minimum absolute atomic E-state index is 0.0452. The average Bonchev–Trinajstić information content (AvgIpc) is 3.38. The fourth-order valence-corrected chi connectivity index (χ4v) is 9.93. The van der Waals surface area contributed by atoms with Gasteiger partial charge in [-0.3, -0.25) is 9.59 Å². The summed E-state index contributed by atoms with van der Waals surface area (Å²) in [6.45, 7) is 5.68. The van der Waals surface area contributed by atoms with Crippen molar-refractivity contribution in [3.05, 3.63) is 34.9 Å². The minimum Gasteiger partial charge on any atom is -0.463 e. The monoisotopic (exact) mass is 527 g/mol. The molecule has 0 radical (unpaired) electrons. The van der Waals surface area contributed by atoms with E-state index in [1.165, 1.54) is 6.92 Å². The molecule has 6 rings (SSSR count). The molecular formula is C30H38ClNO5. The highest BCUT2D eigenvalue weighted by Crippen LogP contribution is 2.71. The molecule has 0 aromatic heterocycles. The fraction of sp³-hybridized carbons (Fsp3) is 0.700. The maximum absolute atomic E-state index is 13.6. The summed E-state index contributed by atoms with van der Waals surface area (Å²) in [5, 5.41) is 15.3. The Labute approximate surface area is 224 Å². The topological polar surface area (TPSA) is 85.2 Å². The van der Waals surface area contributed by atoms with Gasteiger partial charge in [0.15, 0.2) is 0 Å². The van der Waals surface area contributed by atoms with E-state index >= 15 is 0 Å². The van der Waals surface area contributed by atoms with E-state index in [1.54, 1.807) is 0 Å². The first-order chi connectivity index (χ1) is 17.6. The summed E-state index contributed by atoms with van der Waals surface area (Å²) < 4.78 is 5.63. The normalized spacial score (nSPS) is 44.0. The first kappa shape index (κ1) is 25.4. The first-order valence-electron chi connectivity index (χ1n) is 14.0. The van der Waals surface area contributed by atoms with Crippen molar-refractivity contribution in [1.82, 2.24) is 0 Å². The van der Waals surface area contributed by atoms with E-state index in [0.29, 0.717) is 28.7 Å². The third-order valence-corrected chi connectivity index (χ3v) is 11.7. The van der Waals surface area contributed by atoms with Crippen LogP contribution in [0.15, 0.2) is 29.4 Å². The zero-order valence-corrected chi connectivity index (χ0v) is 22.8. The lowest BCUT2D eigenvalue weighted by molar-refractivity contribution is -0.188. The molecule has 0 spiro atoms. The summed E-state index contributed by atoms with van der Waals surface area (Å²) in [4.78, 5) is 31.4. The van der Waals surface area contributed by atoms with Gasteiger partial charge in [0.1, 0.15) is 12.7 Å². The Kier molecular flexibility index (Phi) is 6.04. The Balaban J connectivity index is 1.33. The van der Waals surface area contributed by atoms with Crippen molar-refractivity contribution < 1.29 is 24.3 Å². The second-order valence-corrected chi connectivity index (χ2v) is 13.2. The minimum atomic E-state index is -1.11. The Morgan fingerprint density at radius 1 is 1.08 bits per heavy atom. The Morgan fingerprint density at radius 3 is 2.54 bits per heavy atom. The first-order valence-corrected chi connectivity index (χ1v) is 14.3. The quantitative estimate of drug-likeness (QED) is 0.517.